The number of hydrogen-bond donors (Lipinski definition) is 3. The summed E-state index contributed by atoms with van der Waals surface area (Å²) >= 11 is 0. The Labute approximate surface area is 236 Å². The molecule has 0 amide bonds. The number of carboxylic acids is 1. The van der Waals surface area contributed by atoms with E-state index in [4.69, 9.17) is 9.72 Å². The van der Waals surface area contributed by atoms with E-state index < -0.39 is 23.9 Å². The second-order valence-electron chi connectivity index (χ2n) is 9.77. The predicted molar refractivity (Wildman–Crippen MR) is 147 cm³/mol. The highest BCUT2D eigenvalue weighted by Crippen LogP contribution is 2.28. The molecule has 4 heterocycles. The van der Waals surface area contributed by atoms with Gasteiger partial charge in [-0.3, -0.25) is 4.90 Å². The van der Waals surface area contributed by atoms with E-state index >= 15 is 0 Å². The van der Waals surface area contributed by atoms with Gasteiger partial charge in [-0.2, -0.15) is 13.2 Å². The summed E-state index contributed by atoms with van der Waals surface area (Å²) in [5.74, 6) is 0.0832. The molecule has 1 aliphatic rings. The van der Waals surface area contributed by atoms with E-state index in [0.29, 0.717) is 38.2 Å². The first kappa shape index (κ1) is 30.0. The number of ether oxygens (including phenoxy) is 1. The van der Waals surface area contributed by atoms with Gasteiger partial charge in [0.15, 0.2) is 0 Å². The van der Waals surface area contributed by atoms with Gasteiger partial charge in [0, 0.05) is 43.7 Å². The standard InChI is InChI=1S/C28H34F3N7O3/c29-28(30,31)23-18-24(35-19-34-23)37-22(27(39)40)11-15-38(16-17-41-25-8-1-3-12-32-25)14-4-2-7-21-10-9-20-6-5-13-33-26(20)36-21/h1,3,8-10,12,18-19,22H,2,4-7,11,13-17H2,(H,33,36)(H,39,40)(H,34,35,37)/t22-/m0/s1. The van der Waals surface area contributed by atoms with Gasteiger partial charge in [0.05, 0.1) is 0 Å². The maximum Gasteiger partial charge on any atom is 0.433 e. The first-order chi connectivity index (χ1) is 19.8. The number of anilines is 2. The number of fused-ring (bicyclic) bond motifs is 1. The van der Waals surface area contributed by atoms with Crippen molar-refractivity contribution in [1.29, 1.82) is 0 Å². The Balaban J connectivity index is 1.32. The molecule has 0 aliphatic carbocycles. The molecule has 3 aromatic rings. The van der Waals surface area contributed by atoms with Gasteiger partial charge >= 0.3 is 12.1 Å². The summed E-state index contributed by atoms with van der Waals surface area (Å²) in [7, 11) is 0. The summed E-state index contributed by atoms with van der Waals surface area (Å²) in [5.41, 5.74) is 1.13. The second kappa shape index (κ2) is 14.6. The highest BCUT2D eigenvalue weighted by atomic mass is 19.4. The van der Waals surface area contributed by atoms with Crippen LogP contribution in [0, 0.1) is 0 Å². The molecule has 0 radical (unpaired) electrons. The van der Waals surface area contributed by atoms with Gasteiger partial charge in [0.1, 0.15) is 36.3 Å². The van der Waals surface area contributed by atoms with Gasteiger partial charge in [-0.05, 0) is 62.8 Å². The molecule has 0 saturated heterocycles. The zero-order valence-electron chi connectivity index (χ0n) is 22.6. The van der Waals surface area contributed by atoms with Crippen LogP contribution in [0.3, 0.4) is 0 Å². The van der Waals surface area contributed by atoms with Crippen LogP contribution in [0.25, 0.3) is 0 Å². The molecular formula is C28H34F3N7O3. The lowest BCUT2D eigenvalue weighted by atomic mass is 10.1. The number of aromatic nitrogens is 4. The molecule has 0 saturated carbocycles. The fourth-order valence-electron chi connectivity index (χ4n) is 4.54. The van der Waals surface area contributed by atoms with Crippen molar-refractivity contribution in [2.24, 2.45) is 0 Å². The van der Waals surface area contributed by atoms with Gasteiger partial charge < -0.3 is 20.5 Å². The molecule has 13 heteroatoms. The summed E-state index contributed by atoms with van der Waals surface area (Å²) < 4.78 is 44.8. The molecule has 10 nitrogen and oxygen atoms in total. The number of halogens is 3. The molecule has 41 heavy (non-hydrogen) atoms. The average molecular weight is 574 g/mol. The number of rotatable bonds is 15. The van der Waals surface area contributed by atoms with Crippen LogP contribution in [0.15, 0.2) is 48.9 Å². The highest BCUT2D eigenvalue weighted by Gasteiger charge is 2.33. The lowest BCUT2D eigenvalue weighted by molar-refractivity contribution is -0.141. The van der Waals surface area contributed by atoms with Crippen molar-refractivity contribution < 1.29 is 27.8 Å². The number of carbonyl (C=O) groups is 1. The summed E-state index contributed by atoms with van der Waals surface area (Å²) in [6.45, 7) is 2.88. The number of alkyl halides is 3. The van der Waals surface area contributed by atoms with E-state index in [9.17, 15) is 23.1 Å². The van der Waals surface area contributed by atoms with Crippen molar-refractivity contribution in [2.75, 3.05) is 43.4 Å². The Kier molecular flexibility index (Phi) is 10.7. The summed E-state index contributed by atoms with van der Waals surface area (Å²) in [5, 5.41) is 15.7. The Morgan fingerprint density at radius 1 is 1.12 bits per heavy atom. The third-order valence-electron chi connectivity index (χ3n) is 6.72. The van der Waals surface area contributed by atoms with Crippen LogP contribution in [0.4, 0.5) is 24.8 Å². The number of carboxylic acid groups (broad SMARTS) is 1. The van der Waals surface area contributed by atoms with Gasteiger partial charge in [-0.1, -0.05) is 12.1 Å². The van der Waals surface area contributed by atoms with Crippen molar-refractivity contribution >= 4 is 17.6 Å². The Morgan fingerprint density at radius 2 is 2.00 bits per heavy atom. The zero-order valence-corrected chi connectivity index (χ0v) is 22.6. The summed E-state index contributed by atoms with van der Waals surface area (Å²) in [6, 6.07) is 9.15. The van der Waals surface area contributed by atoms with E-state index in [1.54, 1.807) is 18.3 Å². The van der Waals surface area contributed by atoms with Crippen LogP contribution in [0.1, 0.15) is 42.6 Å². The molecule has 0 fully saturated rings. The van der Waals surface area contributed by atoms with E-state index in [0.717, 1.165) is 56.5 Å². The van der Waals surface area contributed by atoms with E-state index in [2.05, 4.69) is 42.6 Å². The number of aryl methyl sites for hydroxylation is 2. The number of hydrogen-bond acceptors (Lipinski definition) is 9. The molecule has 4 rings (SSSR count). The number of unbranched alkanes of at least 4 members (excludes halogenated alkanes) is 1. The van der Waals surface area contributed by atoms with E-state index in [1.165, 1.54) is 5.56 Å². The summed E-state index contributed by atoms with van der Waals surface area (Å²) in [6.07, 6.45) is 2.60. The number of nitrogens with one attached hydrogen (secondary N) is 2. The van der Waals surface area contributed by atoms with Gasteiger partial charge in [-0.25, -0.2) is 24.7 Å². The predicted octanol–water partition coefficient (Wildman–Crippen LogP) is 4.30. The summed E-state index contributed by atoms with van der Waals surface area (Å²) in [4.78, 5) is 29.9. The topological polar surface area (TPSA) is 125 Å². The molecule has 3 aromatic heterocycles. The lowest BCUT2D eigenvalue weighted by Crippen LogP contribution is -2.37. The monoisotopic (exact) mass is 573 g/mol. The molecule has 0 spiro atoms. The first-order valence-electron chi connectivity index (χ1n) is 13.7. The maximum absolute atomic E-state index is 13.0. The van der Waals surface area contributed by atoms with Crippen LogP contribution in [0.2, 0.25) is 0 Å². The van der Waals surface area contributed by atoms with Crippen LogP contribution < -0.4 is 15.4 Å². The Hall–Kier alpha value is -4.00. The molecule has 1 atom stereocenters. The SMILES string of the molecule is O=C(O)[C@H](CCN(CCCCc1ccc2c(n1)NCCC2)CCOc1ccccn1)Nc1cc(C(F)(F)F)ncn1. The fourth-order valence-corrected chi connectivity index (χ4v) is 4.54. The third kappa shape index (κ3) is 9.55. The maximum atomic E-state index is 13.0. The number of nitrogens with zero attached hydrogens (tertiary/aromatic N) is 5. The van der Waals surface area contributed by atoms with Gasteiger partial charge in [0.2, 0.25) is 5.88 Å². The smallest absolute Gasteiger partial charge is 0.433 e. The quantitative estimate of drug-likeness (QED) is 0.227. The van der Waals surface area contributed by atoms with Crippen molar-refractivity contribution in [2.45, 2.75) is 50.7 Å². The lowest BCUT2D eigenvalue weighted by Gasteiger charge is -2.24. The van der Waals surface area contributed by atoms with Crippen molar-refractivity contribution in [3.63, 3.8) is 0 Å². The molecule has 0 aromatic carbocycles. The van der Waals surface area contributed by atoms with Gasteiger partial charge in [-0.15, -0.1) is 0 Å². The van der Waals surface area contributed by atoms with Crippen LogP contribution in [0.5, 0.6) is 5.88 Å². The normalized spacial score (nSPS) is 13.8. The van der Waals surface area contributed by atoms with Crippen molar-refractivity contribution in [1.82, 2.24) is 24.8 Å². The zero-order chi connectivity index (χ0) is 29.1. The molecule has 0 bridgehead atoms. The third-order valence-corrected chi connectivity index (χ3v) is 6.72. The number of pyridine rings is 2. The minimum atomic E-state index is -4.66. The molecular weight excluding hydrogens is 539 g/mol. The van der Waals surface area contributed by atoms with E-state index in [1.807, 2.05) is 6.07 Å². The molecule has 3 N–H and O–H groups in total. The van der Waals surface area contributed by atoms with E-state index in [-0.39, 0.29) is 12.2 Å². The fraction of sp³-hybridized carbons (Fsp3) is 0.464. The van der Waals surface area contributed by atoms with Crippen LogP contribution in [-0.2, 0) is 23.8 Å². The minimum Gasteiger partial charge on any atom is -0.480 e. The van der Waals surface area contributed by atoms with Crippen LogP contribution >= 0.6 is 0 Å². The highest BCUT2D eigenvalue weighted by molar-refractivity contribution is 5.76. The molecule has 1 aliphatic heterocycles. The Bertz CT molecular complexity index is 1260. The van der Waals surface area contributed by atoms with Gasteiger partial charge in [0.25, 0.3) is 0 Å². The van der Waals surface area contributed by atoms with Crippen molar-refractivity contribution in [3.05, 3.63) is 65.9 Å². The average Bonchev–Trinajstić information content (AvgIpc) is 2.97. The minimum absolute atomic E-state index is 0.141. The second-order valence-corrected chi connectivity index (χ2v) is 9.77. The first-order valence-corrected chi connectivity index (χ1v) is 13.7. The largest absolute Gasteiger partial charge is 0.480 e. The molecule has 220 valence electrons. The van der Waals surface area contributed by atoms with Crippen molar-refractivity contribution in [3.8, 4) is 5.88 Å². The molecule has 0 unspecified atom stereocenters. The Morgan fingerprint density at radius 3 is 2.78 bits per heavy atom. The van der Waals surface area contributed by atoms with Crippen LogP contribution in [-0.4, -0.2) is 74.7 Å². The number of aliphatic carboxylic acids is 1.